The molecule has 2 aliphatic heterocycles. The van der Waals surface area contributed by atoms with Crippen LogP contribution in [-0.4, -0.2) is 55.2 Å². The van der Waals surface area contributed by atoms with Crippen molar-refractivity contribution in [2.75, 3.05) is 33.5 Å². The molecule has 0 aromatic heterocycles. The number of nitrogens with zero attached hydrogens (tertiary/aromatic N) is 1. The summed E-state index contributed by atoms with van der Waals surface area (Å²) in [7, 11) is 1.56. The summed E-state index contributed by atoms with van der Waals surface area (Å²) >= 11 is 0. The van der Waals surface area contributed by atoms with Crippen LogP contribution in [0.1, 0.15) is 48.9 Å². The number of ketones is 1. The Morgan fingerprint density at radius 3 is 2.49 bits per heavy atom. The van der Waals surface area contributed by atoms with Crippen LogP contribution in [0.5, 0.6) is 23.0 Å². The van der Waals surface area contributed by atoms with Crippen molar-refractivity contribution >= 4 is 17.4 Å². The van der Waals surface area contributed by atoms with Gasteiger partial charge in [-0.3, -0.25) is 9.59 Å². The molecule has 41 heavy (non-hydrogen) atoms. The number of ether oxygens (including phenoxy) is 4. The van der Waals surface area contributed by atoms with E-state index in [2.05, 4.69) is 6.92 Å². The minimum absolute atomic E-state index is 0.0124. The molecular weight excluding hydrogens is 522 g/mol. The number of likely N-dealkylation sites (tertiary alicyclic amines) is 1. The maximum absolute atomic E-state index is 13.5. The first-order valence-electron chi connectivity index (χ1n) is 14.0. The van der Waals surface area contributed by atoms with Gasteiger partial charge in [0, 0.05) is 12.1 Å². The second-order valence-electron chi connectivity index (χ2n) is 10.1. The normalized spacial score (nSPS) is 17.5. The number of fused-ring (bicyclic) bond motifs is 1. The Labute approximate surface area is 240 Å². The van der Waals surface area contributed by atoms with Crippen molar-refractivity contribution in [3.8, 4) is 23.0 Å². The third-order valence-corrected chi connectivity index (χ3v) is 7.35. The third kappa shape index (κ3) is 6.01. The number of carbonyl (C=O) groups is 2. The first-order chi connectivity index (χ1) is 20.0. The molecule has 2 heterocycles. The smallest absolute Gasteiger partial charge is 0.295 e. The summed E-state index contributed by atoms with van der Waals surface area (Å²) in [4.78, 5) is 28.5. The molecule has 1 N–H and O–H groups in total. The Bertz CT molecular complexity index is 1430. The number of carbonyl (C=O) groups excluding carboxylic acids is 2. The van der Waals surface area contributed by atoms with Gasteiger partial charge in [-0.1, -0.05) is 56.2 Å². The maximum Gasteiger partial charge on any atom is 0.295 e. The third-order valence-electron chi connectivity index (χ3n) is 7.35. The van der Waals surface area contributed by atoms with E-state index in [-0.39, 0.29) is 17.9 Å². The molecule has 1 saturated heterocycles. The minimum atomic E-state index is -0.824. The average molecular weight is 558 g/mol. The lowest BCUT2D eigenvalue weighted by Crippen LogP contribution is -2.31. The van der Waals surface area contributed by atoms with Gasteiger partial charge in [-0.15, -0.1) is 0 Å². The molecule has 0 saturated carbocycles. The number of aliphatic hydroxyl groups excluding tert-OH is 1. The van der Waals surface area contributed by atoms with Crippen molar-refractivity contribution in [3.05, 3.63) is 89.0 Å². The fraction of sp³-hybridized carbons (Fsp3) is 0.333. The molecule has 214 valence electrons. The summed E-state index contributed by atoms with van der Waals surface area (Å²) in [5.74, 6) is 0.435. The molecular formula is C33H35NO7. The van der Waals surface area contributed by atoms with E-state index in [9.17, 15) is 14.7 Å². The Morgan fingerprint density at radius 2 is 1.73 bits per heavy atom. The zero-order valence-corrected chi connectivity index (χ0v) is 23.4. The van der Waals surface area contributed by atoms with Gasteiger partial charge in [0.1, 0.15) is 19.0 Å². The second-order valence-corrected chi connectivity index (χ2v) is 10.1. The zero-order chi connectivity index (χ0) is 28.8. The highest BCUT2D eigenvalue weighted by Gasteiger charge is 2.46. The van der Waals surface area contributed by atoms with Gasteiger partial charge in [0.2, 0.25) is 0 Å². The molecule has 0 bridgehead atoms. The topological polar surface area (TPSA) is 94.5 Å². The van der Waals surface area contributed by atoms with E-state index in [4.69, 9.17) is 18.9 Å². The number of methoxy groups -OCH3 is 1. The van der Waals surface area contributed by atoms with Crippen LogP contribution in [0.3, 0.4) is 0 Å². The summed E-state index contributed by atoms with van der Waals surface area (Å²) in [5.41, 5.74) is 2.05. The van der Waals surface area contributed by atoms with Gasteiger partial charge < -0.3 is 29.0 Å². The van der Waals surface area contributed by atoms with E-state index in [1.807, 2.05) is 36.4 Å². The van der Waals surface area contributed by atoms with Crippen molar-refractivity contribution in [2.24, 2.45) is 0 Å². The van der Waals surface area contributed by atoms with Crippen molar-refractivity contribution < 1.29 is 33.6 Å². The van der Waals surface area contributed by atoms with E-state index in [0.717, 1.165) is 24.8 Å². The fourth-order valence-corrected chi connectivity index (χ4v) is 5.21. The highest BCUT2D eigenvalue weighted by atomic mass is 16.6. The number of Topliss-reactive ketones (excluding diaryl/α,β-unsaturated/α-hetero) is 1. The Morgan fingerprint density at radius 1 is 0.951 bits per heavy atom. The maximum atomic E-state index is 13.5. The van der Waals surface area contributed by atoms with Crippen LogP contribution in [0.25, 0.3) is 5.76 Å². The number of hydrogen-bond acceptors (Lipinski definition) is 7. The molecule has 1 fully saturated rings. The van der Waals surface area contributed by atoms with Crippen LogP contribution >= 0.6 is 0 Å². The van der Waals surface area contributed by atoms with Gasteiger partial charge in [-0.05, 0) is 54.3 Å². The van der Waals surface area contributed by atoms with Gasteiger partial charge in [-0.2, -0.15) is 0 Å². The Kier molecular flexibility index (Phi) is 8.77. The molecule has 0 radical (unpaired) electrons. The van der Waals surface area contributed by atoms with Gasteiger partial charge in [0.05, 0.1) is 25.3 Å². The number of amides is 1. The molecule has 8 nitrogen and oxygen atoms in total. The molecule has 1 atom stereocenters. The molecule has 8 heteroatoms. The van der Waals surface area contributed by atoms with Gasteiger partial charge in [-0.25, -0.2) is 0 Å². The fourth-order valence-electron chi connectivity index (χ4n) is 5.21. The van der Waals surface area contributed by atoms with Crippen LogP contribution in [-0.2, 0) is 16.0 Å². The molecule has 0 unspecified atom stereocenters. The average Bonchev–Trinajstić information content (AvgIpc) is 3.27. The first kappa shape index (κ1) is 28.1. The van der Waals surface area contributed by atoms with Crippen LogP contribution in [0.15, 0.2) is 72.3 Å². The quantitative estimate of drug-likeness (QED) is 0.140. The zero-order valence-electron chi connectivity index (χ0n) is 23.4. The largest absolute Gasteiger partial charge is 0.507 e. The highest BCUT2D eigenvalue weighted by molar-refractivity contribution is 6.46. The van der Waals surface area contributed by atoms with E-state index in [1.54, 1.807) is 37.4 Å². The van der Waals surface area contributed by atoms with Gasteiger partial charge >= 0.3 is 0 Å². The monoisotopic (exact) mass is 557 g/mol. The summed E-state index contributed by atoms with van der Waals surface area (Å²) in [5, 5.41) is 11.5. The number of unbranched alkanes of at least 4 members (excludes halogenated alkanes) is 2. The molecule has 3 aromatic carbocycles. The number of rotatable bonds is 11. The first-order valence-corrected chi connectivity index (χ1v) is 14.0. The van der Waals surface area contributed by atoms with Crippen LogP contribution < -0.4 is 18.9 Å². The van der Waals surface area contributed by atoms with Crippen LogP contribution in [0.4, 0.5) is 0 Å². The van der Waals surface area contributed by atoms with E-state index >= 15 is 0 Å². The van der Waals surface area contributed by atoms with E-state index < -0.39 is 17.7 Å². The predicted molar refractivity (Wildman–Crippen MR) is 155 cm³/mol. The standard InChI is InChI=1S/C33H35NO7/c1-3-4-8-17-39-25-13-11-23(20-27(25)38-2)30-29(31(35)24-12-14-26-28(21-24)41-19-18-40-26)32(36)33(37)34(30)16-15-22-9-6-5-7-10-22/h5-7,9-14,20-21,30,35H,3-4,8,15-19H2,1-2H3/t30-/m0/s1. The summed E-state index contributed by atoms with van der Waals surface area (Å²) in [6, 6.07) is 19.3. The molecule has 5 rings (SSSR count). The van der Waals surface area contributed by atoms with Crippen molar-refractivity contribution in [2.45, 2.75) is 38.6 Å². The Balaban J connectivity index is 1.54. The van der Waals surface area contributed by atoms with Crippen LogP contribution in [0.2, 0.25) is 0 Å². The molecule has 0 aliphatic carbocycles. The van der Waals surface area contributed by atoms with Crippen molar-refractivity contribution in [1.82, 2.24) is 4.90 Å². The lowest BCUT2D eigenvalue weighted by Gasteiger charge is -2.26. The number of hydrogen-bond donors (Lipinski definition) is 1. The molecule has 1 amide bonds. The minimum Gasteiger partial charge on any atom is -0.507 e. The van der Waals surface area contributed by atoms with E-state index in [0.29, 0.717) is 60.4 Å². The molecule has 3 aromatic rings. The summed E-state index contributed by atoms with van der Waals surface area (Å²) in [6.45, 7) is 3.80. The van der Waals surface area contributed by atoms with Gasteiger partial charge in [0.25, 0.3) is 11.7 Å². The SMILES string of the molecule is CCCCCOc1ccc([C@H]2C(=C(O)c3ccc4c(c3)OCCO4)C(=O)C(=O)N2CCc2ccccc2)cc1OC. The molecule has 2 aliphatic rings. The van der Waals surface area contributed by atoms with E-state index in [1.165, 1.54) is 4.90 Å². The van der Waals surface area contributed by atoms with Crippen molar-refractivity contribution in [3.63, 3.8) is 0 Å². The highest BCUT2D eigenvalue weighted by Crippen LogP contribution is 2.43. The van der Waals surface area contributed by atoms with Gasteiger partial charge in [0.15, 0.2) is 23.0 Å². The number of benzene rings is 3. The lowest BCUT2D eigenvalue weighted by molar-refractivity contribution is -0.139. The van der Waals surface area contributed by atoms with Crippen molar-refractivity contribution in [1.29, 1.82) is 0 Å². The Hall–Kier alpha value is -4.46. The van der Waals surface area contributed by atoms with Crippen LogP contribution in [0, 0.1) is 0 Å². The lowest BCUT2D eigenvalue weighted by atomic mass is 9.94. The number of aliphatic hydroxyl groups is 1. The second kappa shape index (κ2) is 12.8. The predicted octanol–water partition coefficient (Wildman–Crippen LogP) is 5.70. The summed E-state index contributed by atoms with van der Waals surface area (Å²) < 4.78 is 22.9. The molecule has 0 spiro atoms. The summed E-state index contributed by atoms with van der Waals surface area (Å²) in [6.07, 6.45) is 3.63.